The van der Waals surface area contributed by atoms with Crippen molar-refractivity contribution in [3.8, 4) is 0 Å². The highest BCUT2D eigenvalue weighted by Gasteiger charge is 2.12. The predicted octanol–water partition coefficient (Wildman–Crippen LogP) is 16.1. The van der Waals surface area contributed by atoms with E-state index in [2.05, 4.69) is 206 Å². The van der Waals surface area contributed by atoms with Crippen LogP contribution in [-0.2, 0) is 0 Å². The van der Waals surface area contributed by atoms with Gasteiger partial charge in [-0.25, -0.2) is 4.98 Å². The smallest absolute Gasteiger partial charge is 0.0921 e. The van der Waals surface area contributed by atoms with Crippen molar-refractivity contribution < 1.29 is 0 Å². The van der Waals surface area contributed by atoms with E-state index in [0.29, 0.717) is 47.3 Å². The number of fused-ring (bicyclic) bond motifs is 4. The maximum absolute atomic E-state index is 4.68. The molecule has 0 bridgehead atoms. The number of rotatable bonds is 8. The van der Waals surface area contributed by atoms with Crippen LogP contribution in [0.2, 0.25) is 0 Å². The van der Waals surface area contributed by atoms with Gasteiger partial charge in [-0.15, -0.1) is 0 Å². The van der Waals surface area contributed by atoms with Crippen molar-refractivity contribution >= 4 is 43.5 Å². The van der Waals surface area contributed by atoms with Crippen LogP contribution in [0.4, 0.5) is 0 Å². The summed E-state index contributed by atoms with van der Waals surface area (Å²) in [6.45, 7) is 34.8. The van der Waals surface area contributed by atoms with Crippen LogP contribution in [0.3, 0.4) is 0 Å². The zero-order chi connectivity index (χ0) is 46.8. The van der Waals surface area contributed by atoms with Crippen LogP contribution in [0.5, 0.6) is 0 Å². The van der Waals surface area contributed by atoms with Gasteiger partial charge < -0.3 is 0 Å². The minimum atomic E-state index is 0.430. The van der Waals surface area contributed by atoms with Crippen LogP contribution in [0.15, 0.2) is 104 Å². The highest BCUT2D eigenvalue weighted by molar-refractivity contribution is 5.86. The van der Waals surface area contributed by atoms with Crippen molar-refractivity contribution in [1.29, 1.82) is 0 Å². The molecule has 0 amide bonds. The van der Waals surface area contributed by atoms with Crippen LogP contribution in [0.1, 0.15) is 203 Å². The molecule has 0 aliphatic rings. The Bertz CT molecular complexity index is 2380. The van der Waals surface area contributed by atoms with E-state index in [1.54, 1.807) is 0 Å². The molecule has 7 heteroatoms. The second kappa shape index (κ2) is 22.3. The van der Waals surface area contributed by atoms with E-state index in [1.165, 1.54) is 43.8 Å². The van der Waals surface area contributed by atoms with E-state index in [1.807, 2.05) is 43.1 Å². The van der Waals surface area contributed by atoms with Crippen LogP contribution in [0.25, 0.3) is 43.5 Å². The minimum Gasteiger partial charge on any atom is -0.260 e. The Hall–Kier alpha value is -5.69. The maximum Gasteiger partial charge on any atom is 0.0921 e. The summed E-state index contributed by atoms with van der Waals surface area (Å²) >= 11 is 0. The van der Waals surface area contributed by atoms with Crippen molar-refractivity contribution in [3.05, 3.63) is 149 Å². The molecule has 64 heavy (non-hydrogen) atoms. The van der Waals surface area contributed by atoms with Crippen LogP contribution < -0.4 is 0 Å². The van der Waals surface area contributed by atoms with Gasteiger partial charge in [0.05, 0.1) is 39.3 Å². The van der Waals surface area contributed by atoms with Gasteiger partial charge in [0.1, 0.15) is 0 Å². The molecular weight excluding hydrogens is 783 g/mol. The summed E-state index contributed by atoms with van der Waals surface area (Å²) in [6.07, 6.45) is 9.53. The lowest BCUT2D eigenvalue weighted by Gasteiger charge is -2.11. The second-order valence-electron chi connectivity index (χ2n) is 19.4. The van der Waals surface area contributed by atoms with Crippen molar-refractivity contribution in [2.45, 2.75) is 158 Å². The number of para-hydroxylation sites is 1. The first-order valence-electron chi connectivity index (χ1n) is 23.5. The van der Waals surface area contributed by atoms with Gasteiger partial charge in [-0.1, -0.05) is 141 Å². The fourth-order valence-corrected chi connectivity index (χ4v) is 7.62. The van der Waals surface area contributed by atoms with Crippen molar-refractivity contribution in [1.82, 2.24) is 34.9 Å². The van der Waals surface area contributed by atoms with Crippen LogP contribution in [-0.4, -0.2) is 34.9 Å². The number of benzene rings is 2. The van der Waals surface area contributed by atoms with E-state index in [4.69, 9.17) is 0 Å². The van der Waals surface area contributed by atoms with Gasteiger partial charge in [-0.05, 0) is 112 Å². The van der Waals surface area contributed by atoms with Gasteiger partial charge in [0.25, 0.3) is 0 Å². The normalized spacial score (nSPS) is 11.6. The SMILES string of the molecule is CC(C)c1cc2ccnc(C(C)C)c2cn1.CC(C)c1ccc2c(C(C)C)nccc2c1.CC(C)c1ccc2c(C(C)C)nccc2n1.CC(C)c1cnc2c(C(C)C)cccc2n1. The summed E-state index contributed by atoms with van der Waals surface area (Å²) in [5.74, 6) is 3.81. The molecule has 0 atom stereocenters. The Labute approximate surface area is 384 Å². The molecule has 2 aromatic carbocycles. The van der Waals surface area contributed by atoms with Gasteiger partial charge in [-0.2, -0.15) is 0 Å². The highest BCUT2D eigenvalue weighted by Crippen LogP contribution is 2.29. The van der Waals surface area contributed by atoms with Crippen molar-refractivity contribution in [2.75, 3.05) is 0 Å². The van der Waals surface area contributed by atoms with Crippen molar-refractivity contribution in [3.63, 3.8) is 0 Å². The third kappa shape index (κ3) is 12.3. The van der Waals surface area contributed by atoms with Crippen LogP contribution >= 0.6 is 0 Å². The quantitative estimate of drug-likeness (QED) is 0.150. The average molecular weight is 856 g/mol. The molecule has 0 aliphatic carbocycles. The first-order chi connectivity index (χ1) is 30.4. The molecule has 0 unspecified atom stereocenters. The Morgan fingerprint density at radius 2 is 0.875 bits per heavy atom. The number of nitrogens with zero attached hydrogens (tertiary/aromatic N) is 7. The Morgan fingerprint density at radius 1 is 0.344 bits per heavy atom. The van der Waals surface area contributed by atoms with Gasteiger partial charge in [-0.3, -0.25) is 29.9 Å². The molecular formula is C57H73N7. The summed E-state index contributed by atoms with van der Waals surface area (Å²) in [7, 11) is 0. The van der Waals surface area contributed by atoms with E-state index >= 15 is 0 Å². The van der Waals surface area contributed by atoms with Gasteiger partial charge >= 0.3 is 0 Å². The molecule has 0 aliphatic heterocycles. The Morgan fingerprint density at radius 3 is 1.44 bits per heavy atom. The fourth-order valence-electron chi connectivity index (χ4n) is 7.62. The molecule has 0 fully saturated rings. The average Bonchev–Trinajstić information content (AvgIpc) is 3.27. The summed E-state index contributed by atoms with van der Waals surface area (Å²) in [6, 6.07) is 25.6. The third-order valence-corrected chi connectivity index (χ3v) is 11.5. The third-order valence-electron chi connectivity index (χ3n) is 11.5. The maximum atomic E-state index is 4.68. The van der Waals surface area contributed by atoms with Crippen molar-refractivity contribution in [2.24, 2.45) is 0 Å². The molecule has 8 aromatic rings. The molecule has 0 saturated heterocycles. The zero-order valence-electron chi connectivity index (χ0n) is 41.6. The van der Waals surface area contributed by atoms with Gasteiger partial charge in [0.15, 0.2) is 0 Å². The molecule has 0 N–H and O–H groups in total. The minimum absolute atomic E-state index is 0.430. The highest BCUT2D eigenvalue weighted by atomic mass is 14.8. The van der Waals surface area contributed by atoms with Gasteiger partial charge in [0, 0.05) is 58.5 Å². The van der Waals surface area contributed by atoms with E-state index < -0.39 is 0 Å². The molecule has 0 spiro atoms. The zero-order valence-corrected chi connectivity index (χ0v) is 41.6. The summed E-state index contributed by atoms with van der Waals surface area (Å²) in [4.78, 5) is 31.8. The predicted molar refractivity (Wildman–Crippen MR) is 273 cm³/mol. The molecule has 6 aromatic heterocycles. The number of aromatic nitrogens is 7. The summed E-state index contributed by atoms with van der Waals surface area (Å²) < 4.78 is 0. The lowest BCUT2D eigenvalue weighted by Crippen LogP contribution is -1.98. The Kier molecular flexibility index (Phi) is 17.2. The van der Waals surface area contributed by atoms with E-state index in [9.17, 15) is 0 Å². The molecule has 8 rings (SSSR count). The molecule has 7 nitrogen and oxygen atoms in total. The lowest BCUT2D eigenvalue weighted by molar-refractivity contribution is 0.818. The number of hydrogen-bond acceptors (Lipinski definition) is 7. The van der Waals surface area contributed by atoms with Gasteiger partial charge in [0.2, 0.25) is 0 Å². The van der Waals surface area contributed by atoms with E-state index in [0.717, 1.165) is 45.0 Å². The first kappa shape index (κ1) is 49.3. The standard InChI is InChI=1S/C15H19N.3C14H18N2/c1-10(2)12-5-6-14-13(9-12)7-8-16-15(14)11(3)4;1-9(2)13-7-11-5-6-15-14(10(3)4)12(11)8-16-13;1-9(2)12-6-5-11-13(16-12)7-8-15-14(11)10(3)4;1-9(2)11-6-5-7-12-14(11)15-8-13(16-12)10(3)4/h5-11H,1-4H3;3*5-10H,1-4H3. The lowest BCUT2D eigenvalue weighted by atomic mass is 9.96. The monoisotopic (exact) mass is 856 g/mol. The van der Waals surface area contributed by atoms with Crippen LogP contribution in [0, 0.1) is 0 Å². The van der Waals surface area contributed by atoms with E-state index in [-0.39, 0.29) is 0 Å². The second-order valence-corrected chi connectivity index (χ2v) is 19.4. The number of hydrogen-bond donors (Lipinski definition) is 0. The molecule has 6 heterocycles. The topological polar surface area (TPSA) is 90.2 Å². The summed E-state index contributed by atoms with van der Waals surface area (Å²) in [5.41, 5.74) is 12.6. The first-order valence-corrected chi connectivity index (χ1v) is 23.5. The Balaban J connectivity index is 0.000000161. The fraction of sp³-hybridized carbons (Fsp3) is 0.421. The molecule has 0 radical (unpaired) electrons. The summed E-state index contributed by atoms with van der Waals surface area (Å²) in [5, 5.41) is 6.22. The molecule has 336 valence electrons. The largest absolute Gasteiger partial charge is 0.260 e. The number of pyridine rings is 5. The molecule has 0 saturated carbocycles.